The predicted octanol–water partition coefficient (Wildman–Crippen LogP) is 1.59. The fourth-order valence-corrected chi connectivity index (χ4v) is 2.68. The van der Waals surface area contributed by atoms with Crippen LogP contribution >= 0.6 is 0 Å². The normalized spacial score (nSPS) is 21.3. The second kappa shape index (κ2) is 7.54. The van der Waals surface area contributed by atoms with Gasteiger partial charge in [-0.05, 0) is 44.8 Å². The van der Waals surface area contributed by atoms with E-state index in [9.17, 15) is 0 Å². The first-order chi connectivity index (χ1) is 8.88. The van der Waals surface area contributed by atoms with Gasteiger partial charge in [-0.1, -0.05) is 6.92 Å². The van der Waals surface area contributed by atoms with Gasteiger partial charge in [0.2, 0.25) is 0 Å². The number of imidazole rings is 1. The van der Waals surface area contributed by atoms with Crippen molar-refractivity contribution in [3.8, 4) is 0 Å². The van der Waals surface area contributed by atoms with E-state index in [1.807, 2.05) is 18.7 Å². The van der Waals surface area contributed by atoms with Gasteiger partial charge in [-0.2, -0.15) is 0 Å². The number of rotatable bonds is 7. The average Bonchev–Trinajstić information content (AvgIpc) is 2.90. The first-order valence-corrected chi connectivity index (χ1v) is 7.27. The summed E-state index contributed by atoms with van der Waals surface area (Å²) in [4.78, 5) is 6.68. The van der Waals surface area contributed by atoms with E-state index < -0.39 is 0 Å². The molecule has 1 aliphatic heterocycles. The lowest BCUT2D eigenvalue weighted by Crippen LogP contribution is -2.41. The van der Waals surface area contributed by atoms with Crippen LogP contribution in [0.3, 0.4) is 0 Å². The molecular weight excluding hydrogens is 224 g/mol. The van der Waals surface area contributed by atoms with Gasteiger partial charge in [0, 0.05) is 32.0 Å². The Bertz CT molecular complexity index is 310. The number of aromatic nitrogens is 2. The minimum absolute atomic E-state index is 0.841. The lowest BCUT2D eigenvalue weighted by Gasteiger charge is -2.32. The van der Waals surface area contributed by atoms with Crippen molar-refractivity contribution in [1.82, 2.24) is 19.8 Å². The van der Waals surface area contributed by atoms with Gasteiger partial charge in [-0.25, -0.2) is 4.98 Å². The maximum atomic E-state index is 4.09. The molecule has 4 nitrogen and oxygen atoms in total. The number of piperidine rings is 1. The van der Waals surface area contributed by atoms with Crippen molar-refractivity contribution in [2.45, 2.75) is 32.7 Å². The summed E-state index contributed by atoms with van der Waals surface area (Å²) in [5.74, 6) is 0.841. The van der Waals surface area contributed by atoms with Gasteiger partial charge in [-0.3, -0.25) is 0 Å². The van der Waals surface area contributed by atoms with E-state index in [4.69, 9.17) is 0 Å². The van der Waals surface area contributed by atoms with Gasteiger partial charge in [0.25, 0.3) is 0 Å². The first-order valence-electron chi connectivity index (χ1n) is 7.27. The number of likely N-dealkylation sites (tertiary alicyclic amines) is 1. The molecule has 0 bridgehead atoms. The summed E-state index contributed by atoms with van der Waals surface area (Å²) in [7, 11) is 0. The van der Waals surface area contributed by atoms with Crippen molar-refractivity contribution in [2.24, 2.45) is 5.92 Å². The summed E-state index contributed by atoms with van der Waals surface area (Å²) in [6.45, 7) is 9.31. The Morgan fingerprint density at radius 1 is 1.39 bits per heavy atom. The quantitative estimate of drug-likeness (QED) is 0.746. The van der Waals surface area contributed by atoms with E-state index >= 15 is 0 Å². The van der Waals surface area contributed by atoms with Crippen molar-refractivity contribution in [3.63, 3.8) is 0 Å². The highest BCUT2D eigenvalue weighted by molar-refractivity contribution is 4.77. The summed E-state index contributed by atoms with van der Waals surface area (Å²) >= 11 is 0. The summed E-state index contributed by atoms with van der Waals surface area (Å²) in [5, 5.41) is 3.55. The highest BCUT2D eigenvalue weighted by atomic mass is 15.2. The second-order valence-electron chi connectivity index (χ2n) is 5.31. The molecule has 2 heterocycles. The van der Waals surface area contributed by atoms with Gasteiger partial charge in [-0.15, -0.1) is 0 Å². The highest BCUT2D eigenvalue weighted by Gasteiger charge is 2.18. The standard InChI is InChI=1S/C14H26N4/c1-2-5-15-11-14-4-3-7-17(12-14)9-10-18-8-6-16-13-18/h6,8,13-15H,2-5,7,9-12H2,1H3. The summed E-state index contributed by atoms with van der Waals surface area (Å²) in [5.41, 5.74) is 0. The van der Waals surface area contributed by atoms with E-state index in [2.05, 4.69) is 26.7 Å². The zero-order valence-electron chi connectivity index (χ0n) is 11.5. The van der Waals surface area contributed by atoms with Gasteiger partial charge >= 0.3 is 0 Å². The monoisotopic (exact) mass is 250 g/mol. The molecule has 1 saturated heterocycles. The number of hydrogen-bond donors (Lipinski definition) is 1. The van der Waals surface area contributed by atoms with Crippen LogP contribution in [0.25, 0.3) is 0 Å². The summed E-state index contributed by atoms with van der Waals surface area (Å²) < 4.78 is 2.17. The average molecular weight is 250 g/mol. The number of hydrogen-bond acceptors (Lipinski definition) is 3. The lowest BCUT2D eigenvalue weighted by molar-refractivity contribution is 0.167. The molecule has 1 fully saturated rings. The minimum Gasteiger partial charge on any atom is -0.336 e. The SMILES string of the molecule is CCCNCC1CCCN(CCn2ccnc2)C1. The topological polar surface area (TPSA) is 33.1 Å². The molecule has 102 valence electrons. The fraction of sp³-hybridized carbons (Fsp3) is 0.786. The predicted molar refractivity (Wildman–Crippen MR) is 74.6 cm³/mol. The Balaban J connectivity index is 1.66. The van der Waals surface area contributed by atoms with Crippen LogP contribution in [0, 0.1) is 5.92 Å². The maximum Gasteiger partial charge on any atom is 0.0946 e. The van der Waals surface area contributed by atoms with Crippen LogP contribution in [0.5, 0.6) is 0 Å². The molecule has 0 aromatic carbocycles. The van der Waals surface area contributed by atoms with Crippen LogP contribution in [0.15, 0.2) is 18.7 Å². The van der Waals surface area contributed by atoms with Crippen molar-refractivity contribution < 1.29 is 0 Å². The van der Waals surface area contributed by atoms with Crippen LogP contribution in [0.2, 0.25) is 0 Å². The molecule has 0 radical (unpaired) electrons. The summed E-state index contributed by atoms with van der Waals surface area (Å²) in [6.07, 6.45) is 9.78. The van der Waals surface area contributed by atoms with Crippen molar-refractivity contribution >= 4 is 0 Å². The van der Waals surface area contributed by atoms with E-state index in [1.165, 1.54) is 38.9 Å². The van der Waals surface area contributed by atoms with E-state index in [-0.39, 0.29) is 0 Å². The molecule has 1 unspecified atom stereocenters. The molecular formula is C14H26N4. The maximum absolute atomic E-state index is 4.09. The zero-order chi connectivity index (χ0) is 12.6. The molecule has 0 amide bonds. The van der Waals surface area contributed by atoms with Gasteiger partial charge in [0.1, 0.15) is 0 Å². The number of nitrogens with one attached hydrogen (secondary N) is 1. The Labute approximate surface area is 110 Å². The van der Waals surface area contributed by atoms with Crippen LogP contribution < -0.4 is 5.32 Å². The van der Waals surface area contributed by atoms with Gasteiger partial charge < -0.3 is 14.8 Å². The number of nitrogens with zero attached hydrogens (tertiary/aromatic N) is 3. The Kier molecular flexibility index (Phi) is 5.68. The first kappa shape index (κ1) is 13.6. The fourth-order valence-electron chi connectivity index (χ4n) is 2.68. The Hall–Kier alpha value is -0.870. The molecule has 1 aromatic heterocycles. The molecule has 1 atom stereocenters. The molecule has 18 heavy (non-hydrogen) atoms. The largest absolute Gasteiger partial charge is 0.336 e. The van der Waals surface area contributed by atoms with Crippen molar-refractivity contribution in [2.75, 3.05) is 32.7 Å². The highest BCUT2D eigenvalue weighted by Crippen LogP contribution is 2.15. The van der Waals surface area contributed by atoms with Gasteiger partial charge in [0.15, 0.2) is 0 Å². The third-order valence-corrected chi connectivity index (χ3v) is 3.70. The van der Waals surface area contributed by atoms with Crippen molar-refractivity contribution in [1.29, 1.82) is 0 Å². The third kappa shape index (κ3) is 4.42. The summed E-state index contributed by atoms with van der Waals surface area (Å²) in [6, 6.07) is 0. The molecule has 0 saturated carbocycles. The Morgan fingerprint density at radius 3 is 3.11 bits per heavy atom. The zero-order valence-corrected chi connectivity index (χ0v) is 11.5. The van der Waals surface area contributed by atoms with Crippen LogP contribution in [0.1, 0.15) is 26.2 Å². The van der Waals surface area contributed by atoms with Crippen LogP contribution in [0.4, 0.5) is 0 Å². The second-order valence-corrected chi connectivity index (χ2v) is 5.31. The van der Waals surface area contributed by atoms with E-state index in [1.54, 1.807) is 0 Å². The smallest absolute Gasteiger partial charge is 0.0946 e. The van der Waals surface area contributed by atoms with E-state index in [0.29, 0.717) is 0 Å². The van der Waals surface area contributed by atoms with Crippen LogP contribution in [-0.2, 0) is 6.54 Å². The molecule has 0 aliphatic carbocycles. The van der Waals surface area contributed by atoms with Crippen LogP contribution in [-0.4, -0.2) is 47.2 Å². The lowest BCUT2D eigenvalue weighted by atomic mass is 9.98. The molecule has 1 aliphatic rings. The third-order valence-electron chi connectivity index (χ3n) is 3.70. The molecule has 1 N–H and O–H groups in total. The van der Waals surface area contributed by atoms with Crippen molar-refractivity contribution in [3.05, 3.63) is 18.7 Å². The minimum atomic E-state index is 0.841. The molecule has 1 aromatic rings. The molecule has 0 spiro atoms. The van der Waals surface area contributed by atoms with E-state index in [0.717, 1.165) is 25.6 Å². The van der Waals surface area contributed by atoms with Gasteiger partial charge in [0.05, 0.1) is 6.33 Å². The molecule has 2 rings (SSSR count). The molecule has 4 heteroatoms. The Morgan fingerprint density at radius 2 is 2.33 bits per heavy atom.